The quantitative estimate of drug-likeness (QED) is 0.871. The molecular weight excluding hydrogens is 308 g/mol. The van der Waals surface area contributed by atoms with Crippen molar-refractivity contribution < 1.29 is 8.42 Å². The third-order valence-electron chi connectivity index (χ3n) is 4.25. The first-order valence-electron chi connectivity index (χ1n) is 7.45. The molecule has 0 spiro atoms. The van der Waals surface area contributed by atoms with Gasteiger partial charge in [-0.05, 0) is 49.4 Å². The summed E-state index contributed by atoms with van der Waals surface area (Å²) in [5.41, 5.74) is 6.22. The number of sulfonamides is 1. The van der Waals surface area contributed by atoms with Gasteiger partial charge in [0.25, 0.3) is 0 Å². The van der Waals surface area contributed by atoms with Crippen molar-refractivity contribution >= 4 is 21.6 Å². The number of halogens is 1. The number of benzene rings is 1. The molecule has 1 atom stereocenters. The predicted octanol–water partition coefficient (Wildman–Crippen LogP) is 3.05. The first kappa shape index (κ1) is 16.7. The summed E-state index contributed by atoms with van der Waals surface area (Å²) in [6, 6.07) is 4.62. The number of hydrogen-bond acceptors (Lipinski definition) is 3. The van der Waals surface area contributed by atoms with E-state index in [1.165, 1.54) is 25.3 Å². The maximum Gasteiger partial charge on any atom is 0.240 e. The van der Waals surface area contributed by atoms with Crippen molar-refractivity contribution in [2.24, 2.45) is 11.7 Å². The minimum absolute atomic E-state index is 0.0488. The minimum atomic E-state index is -3.52. The second-order valence-electron chi connectivity index (χ2n) is 5.77. The normalized spacial score (nSPS) is 18.6. The lowest BCUT2D eigenvalue weighted by Crippen LogP contribution is -2.38. The monoisotopic (exact) mass is 330 g/mol. The highest BCUT2D eigenvalue weighted by Crippen LogP contribution is 2.27. The van der Waals surface area contributed by atoms with E-state index in [2.05, 4.69) is 4.72 Å². The van der Waals surface area contributed by atoms with E-state index in [-0.39, 0.29) is 17.5 Å². The second-order valence-corrected chi connectivity index (χ2v) is 7.89. The predicted molar refractivity (Wildman–Crippen MR) is 85.7 cm³/mol. The Kier molecular flexibility index (Phi) is 5.66. The fourth-order valence-electron chi connectivity index (χ4n) is 2.92. The Morgan fingerprint density at radius 1 is 1.33 bits per heavy atom. The topological polar surface area (TPSA) is 72.2 Å². The molecule has 6 heteroatoms. The molecular formula is C15H23ClN2O2S. The van der Waals surface area contributed by atoms with Crippen LogP contribution in [-0.2, 0) is 16.6 Å². The van der Waals surface area contributed by atoms with Gasteiger partial charge in [0.2, 0.25) is 10.0 Å². The zero-order valence-electron chi connectivity index (χ0n) is 12.3. The lowest BCUT2D eigenvalue weighted by molar-refractivity contribution is 0.303. The Hall–Kier alpha value is -0.620. The van der Waals surface area contributed by atoms with Crippen molar-refractivity contribution in [2.45, 2.75) is 56.5 Å². The summed E-state index contributed by atoms with van der Waals surface area (Å²) in [4.78, 5) is 0.231. The lowest BCUT2D eigenvalue weighted by Gasteiger charge is -2.28. The number of nitrogens with one attached hydrogen (secondary N) is 1. The van der Waals surface area contributed by atoms with Gasteiger partial charge in [-0.25, -0.2) is 13.1 Å². The average molecular weight is 331 g/mol. The van der Waals surface area contributed by atoms with Crippen LogP contribution in [0.2, 0.25) is 5.02 Å². The van der Waals surface area contributed by atoms with Gasteiger partial charge in [-0.3, -0.25) is 0 Å². The van der Waals surface area contributed by atoms with Gasteiger partial charge in [0, 0.05) is 17.6 Å². The standard InChI is InChI=1S/C15H23ClN2O2S/c1-11(12-5-3-2-4-6-12)18-21(19,20)14-7-8-15(16)13(9-14)10-17/h7-9,11-12,18H,2-6,10,17H2,1H3. The van der Waals surface area contributed by atoms with Crippen LogP contribution < -0.4 is 10.5 Å². The van der Waals surface area contributed by atoms with Crippen LogP contribution >= 0.6 is 11.6 Å². The Balaban J connectivity index is 2.14. The van der Waals surface area contributed by atoms with Crippen LogP contribution in [-0.4, -0.2) is 14.5 Å². The number of hydrogen-bond donors (Lipinski definition) is 2. The summed E-state index contributed by atoms with van der Waals surface area (Å²) < 4.78 is 27.7. The molecule has 1 fully saturated rings. The molecule has 1 unspecified atom stereocenters. The van der Waals surface area contributed by atoms with Gasteiger partial charge < -0.3 is 5.73 Å². The van der Waals surface area contributed by atoms with Crippen molar-refractivity contribution in [3.8, 4) is 0 Å². The van der Waals surface area contributed by atoms with Gasteiger partial charge in [0.1, 0.15) is 0 Å². The number of rotatable bonds is 5. The molecule has 1 aromatic rings. The highest BCUT2D eigenvalue weighted by Gasteiger charge is 2.25. The third-order valence-corrected chi connectivity index (χ3v) is 6.17. The van der Waals surface area contributed by atoms with Crippen LogP contribution in [0.4, 0.5) is 0 Å². The molecule has 0 aliphatic heterocycles. The molecule has 0 amide bonds. The van der Waals surface area contributed by atoms with Gasteiger partial charge in [-0.1, -0.05) is 30.9 Å². The van der Waals surface area contributed by atoms with E-state index < -0.39 is 10.0 Å². The van der Waals surface area contributed by atoms with Gasteiger partial charge in [0.05, 0.1) is 4.90 Å². The minimum Gasteiger partial charge on any atom is -0.326 e. The van der Waals surface area contributed by atoms with Crippen LogP contribution in [0.25, 0.3) is 0 Å². The molecule has 1 aromatic carbocycles. The van der Waals surface area contributed by atoms with Crippen molar-refractivity contribution in [2.75, 3.05) is 0 Å². The summed E-state index contributed by atoms with van der Waals surface area (Å²) in [7, 11) is -3.52. The molecule has 0 aromatic heterocycles. The summed E-state index contributed by atoms with van der Waals surface area (Å²) >= 11 is 5.98. The maximum absolute atomic E-state index is 12.5. The summed E-state index contributed by atoms with van der Waals surface area (Å²) in [5.74, 6) is 0.426. The Morgan fingerprint density at radius 2 is 2.00 bits per heavy atom. The lowest BCUT2D eigenvalue weighted by atomic mass is 9.85. The van der Waals surface area contributed by atoms with Crippen LogP contribution in [0.15, 0.2) is 23.1 Å². The van der Waals surface area contributed by atoms with Crippen molar-refractivity contribution in [3.63, 3.8) is 0 Å². The maximum atomic E-state index is 12.5. The molecule has 3 N–H and O–H groups in total. The third kappa shape index (κ3) is 4.19. The van der Waals surface area contributed by atoms with Gasteiger partial charge in [-0.2, -0.15) is 0 Å². The van der Waals surface area contributed by atoms with Crippen LogP contribution in [0.1, 0.15) is 44.6 Å². The molecule has 1 aliphatic carbocycles. The highest BCUT2D eigenvalue weighted by molar-refractivity contribution is 7.89. The van der Waals surface area contributed by atoms with E-state index in [0.717, 1.165) is 12.8 Å². The number of nitrogens with two attached hydrogens (primary N) is 1. The smallest absolute Gasteiger partial charge is 0.240 e. The largest absolute Gasteiger partial charge is 0.326 e. The molecule has 0 saturated heterocycles. The molecule has 4 nitrogen and oxygen atoms in total. The van der Waals surface area contributed by atoms with Gasteiger partial charge >= 0.3 is 0 Å². The van der Waals surface area contributed by atoms with Crippen LogP contribution in [0.3, 0.4) is 0 Å². The zero-order valence-corrected chi connectivity index (χ0v) is 13.9. The first-order valence-corrected chi connectivity index (χ1v) is 9.31. The summed E-state index contributed by atoms with van der Waals surface area (Å²) in [6.07, 6.45) is 5.83. The molecule has 1 aliphatic rings. The Bertz CT molecular complexity index is 583. The second kappa shape index (κ2) is 7.09. The molecule has 0 heterocycles. The first-order chi connectivity index (χ1) is 9.94. The van der Waals surface area contributed by atoms with Gasteiger partial charge in [0.15, 0.2) is 0 Å². The fraction of sp³-hybridized carbons (Fsp3) is 0.600. The molecule has 0 radical (unpaired) electrons. The average Bonchev–Trinajstić information content (AvgIpc) is 2.48. The van der Waals surface area contributed by atoms with Gasteiger partial charge in [-0.15, -0.1) is 0 Å². The Morgan fingerprint density at radius 3 is 2.62 bits per heavy atom. The molecule has 0 bridgehead atoms. The zero-order chi connectivity index (χ0) is 15.5. The van der Waals surface area contributed by atoms with E-state index >= 15 is 0 Å². The molecule has 2 rings (SSSR count). The van der Waals surface area contributed by atoms with E-state index in [1.807, 2.05) is 6.92 Å². The van der Waals surface area contributed by atoms with E-state index in [1.54, 1.807) is 12.1 Å². The van der Waals surface area contributed by atoms with E-state index in [4.69, 9.17) is 17.3 Å². The van der Waals surface area contributed by atoms with E-state index in [9.17, 15) is 8.42 Å². The SMILES string of the molecule is CC(NS(=O)(=O)c1ccc(Cl)c(CN)c1)C1CCCCC1. The highest BCUT2D eigenvalue weighted by atomic mass is 35.5. The van der Waals surface area contributed by atoms with Crippen molar-refractivity contribution in [1.29, 1.82) is 0 Å². The molecule has 21 heavy (non-hydrogen) atoms. The van der Waals surface area contributed by atoms with Crippen LogP contribution in [0.5, 0.6) is 0 Å². The summed E-state index contributed by atoms with van der Waals surface area (Å²) in [6.45, 7) is 2.17. The Labute approximate surface area is 132 Å². The summed E-state index contributed by atoms with van der Waals surface area (Å²) in [5, 5.41) is 0.497. The van der Waals surface area contributed by atoms with Crippen molar-refractivity contribution in [1.82, 2.24) is 4.72 Å². The molecule has 1 saturated carbocycles. The molecule has 118 valence electrons. The van der Waals surface area contributed by atoms with Crippen LogP contribution in [0, 0.1) is 5.92 Å². The fourth-order valence-corrected chi connectivity index (χ4v) is 4.48. The van der Waals surface area contributed by atoms with E-state index in [0.29, 0.717) is 16.5 Å². The van der Waals surface area contributed by atoms with Crippen molar-refractivity contribution in [3.05, 3.63) is 28.8 Å².